The fraction of sp³-hybridized carbons (Fsp3) is 0.227. The Morgan fingerprint density at radius 2 is 1.36 bits per heavy atom. The number of aromatic nitrogens is 1. The van der Waals surface area contributed by atoms with Gasteiger partial charge in [0.1, 0.15) is 15.7 Å². The molecule has 124 valence electrons. The van der Waals surface area contributed by atoms with Gasteiger partial charge in [0.05, 0.1) is 5.69 Å². The summed E-state index contributed by atoms with van der Waals surface area (Å²) in [6.07, 6.45) is 1.94. The summed E-state index contributed by atoms with van der Waals surface area (Å²) in [5, 5.41) is 0.0712. The highest BCUT2D eigenvalue weighted by atomic mass is 14.7. The zero-order chi connectivity index (χ0) is 18.1. The van der Waals surface area contributed by atoms with Gasteiger partial charge in [-0.05, 0) is 34.7 Å². The van der Waals surface area contributed by atoms with Crippen LogP contribution in [0.3, 0.4) is 0 Å². The number of pyridine rings is 1. The third-order valence-corrected chi connectivity index (χ3v) is 5.62. The molecule has 2 aromatic carbocycles. The average molecular weight is 325 g/mol. The Kier molecular flexibility index (Phi) is 4.60. The molecule has 3 rings (SSSR count). The normalized spacial score (nSPS) is 12.1. The van der Waals surface area contributed by atoms with Crippen molar-refractivity contribution in [3.63, 3.8) is 0 Å². The summed E-state index contributed by atoms with van der Waals surface area (Å²) in [6, 6.07) is 23.5. The first-order valence-corrected chi connectivity index (χ1v) is 8.91. The highest BCUT2D eigenvalue weighted by molar-refractivity contribution is 6.40. The van der Waals surface area contributed by atoms with Gasteiger partial charge in [0.2, 0.25) is 0 Å². The summed E-state index contributed by atoms with van der Waals surface area (Å²) in [5.41, 5.74) is 6.16. The molecule has 0 spiro atoms. The smallest absolute Gasteiger partial charge is 0.105 e. The molecular formula is C22H25B2N. The van der Waals surface area contributed by atoms with E-state index in [2.05, 4.69) is 102 Å². The molecule has 0 aliphatic heterocycles. The molecule has 0 aliphatic rings. The Morgan fingerprint density at radius 1 is 0.720 bits per heavy atom. The van der Waals surface area contributed by atoms with Crippen molar-refractivity contribution in [2.24, 2.45) is 5.41 Å². The molecule has 25 heavy (non-hydrogen) atoms. The lowest BCUT2D eigenvalue weighted by Gasteiger charge is -2.40. The molecule has 3 heteroatoms. The number of nitrogens with zero attached hydrogens (tertiary/aromatic N) is 1. The Bertz CT molecular complexity index is 864. The molecule has 1 nitrogen and oxygen atoms in total. The maximum atomic E-state index is 4.64. The highest BCUT2D eigenvalue weighted by Gasteiger charge is 2.34. The molecule has 0 fully saturated rings. The standard InChI is InChI=1S/C22H25B2N/c1-21(2,3)22(23,24)19-12-13-25-20(15-19)18-11-7-10-17(14-18)16-8-5-4-6-9-16/h4-15H,23-24H2,1-3H3. The molecule has 3 aromatic rings. The van der Waals surface area contributed by atoms with Gasteiger partial charge in [-0.25, -0.2) is 0 Å². The number of hydrogen-bond donors (Lipinski definition) is 0. The molecule has 0 unspecified atom stereocenters. The largest absolute Gasteiger partial charge is 0.256 e. The van der Waals surface area contributed by atoms with Crippen LogP contribution in [0.15, 0.2) is 72.9 Å². The zero-order valence-electron chi connectivity index (χ0n) is 15.9. The van der Waals surface area contributed by atoms with Gasteiger partial charge in [0.15, 0.2) is 0 Å². The van der Waals surface area contributed by atoms with E-state index in [0.717, 1.165) is 11.3 Å². The van der Waals surface area contributed by atoms with Crippen LogP contribution in [0.4, 0.5) is 0 Å². The van der Waals surface area contributed by atoms with Gasteiger partial charge in [-0.2, -0.15) is 0 Å². The number of rotatable bonds is 3. The van der Waals surface area contributed by atoms with Crippen molar-refractivity contribution >= 4 is 15.7 Å². The van der Waals surface area contributed by atoms with E-state index in [-0.39, 0.29) is 10.6 Å². The van der Waals surface area contributed by atoms with E-state index in [4.69, 9.17) is 0 Å². The second-order valence-corrected chi connectivity index (χ2v) is 8.25. The first kappa shape index (κ1) is 17.5. The summed E-state index contributed by atoms with van der Waals surface area (Å²) in [5.74, 6) is 0. The van der Waals surface area contributed by atoms with E-state index in [1.54, 1.807) is 0 Å². The summed E-state index contributed by atoms with van der Waals surface area (Å²) < 4.78 is 0. The van der Waals surface area contributed by atoms with E-state index in [9.17, 15) is 0 Å². The van der Waals surface area contributed by atoms with E-state index in [0.29, 0.717) is 0 Å². The van der Waals surface area contributed by atoms with E-state index in [1.807, 2.05) is 12.3 Å². The van der Waals surface area contributed by atoms with Crippen LogP contribution in [0, 0.1) is 5.41 Å². The molecule has 0 saturated carbocycles. The van der Waals surface area contributed by atoms with Crippen LogP contribution >= 0.6 is 0 Å². The van der Waals surface area contributed by atoms with Gasteiger partial charge in [-0.1, -0.05) is 80.1 Å². The molecule has 1 heterocycles. The summed E-state index contributed by atoms with van der Waals surface area (Å²) in [4.78, 5) is 4.64. The van der Waals surface area contributed by atoms with Crippen molar-refractivity contribution in [3.05, 3.63) is 78.5 Å². The van der Waals surface area contributed by atoms with Crippen LogP contribution in [0.25, 0.3) is 22.4 Å². The van der Waals surface area contributed by atoms with Crippen molar-refractivity contribution in [2.45, 2.75) is 26.0 Å². The maximum absolute atomic E-state index is 4.64. The van der Waals surface area contributed by atoms with Crippen LogP contribution in [0.1, 0.15) is 26.3 Å². The van der Waals surface area contributed by atoms with Crippen LogP contribution in [-0.2, 0) is 5.21 Å². The topological polar surface area (TPSA) is 12.9 Å². The lowest BCUT2D eigenvalue weighted by molar-refractivity contribution is 0.358. The Morgan fingerprint density at radius 3 is 2.04 bits per heavy atom. The fourth-order valence-corrected chi connectivity index (χ4v) is 2.90. The van der Waals surface area contributed by atoms with Crippen LogP contribution in [0.5, 0.6) is 0 Å². The monoisotopic (exact) mass is 325 g/mol. The summed E-state index contributed by atoms with van der Waals surface area (Å²) in [6.45, 7) is 6.88. The third-order valence-electron chi connectivity index (χ3n) is 5.62. The molecule has 0 radical (unpaired) electrons. The second kappa shape index (κ2) is 6.55. The SMILES string of the molecule is BC(B)(c1ccnc(-c2cccc(-c3ccccc3)c2)c1)C(C)(C)C. The number of benzene rings is 2. The fourth-order valence-electron chi connectivity index (χ4n) is 2.90. The van der Waals surface area contributed by atoms with Crippen molar-refractivity contribution in [1.82, 2.24) is 4.98 Å². The lowest BCUT2D eigenvalue weighted by atomic mass is 9.41. The molecule has 0 amide bonds. The third kappa shape index (κ3) is 3.56. The Hall–Kier alpha value is -2.28. The summed E-state index contributed by atoms with van der Waals surface area (Å²) >= 11 is 0. The van der Waals surface area contributed by atoms with Gasteiger partial charge in [0.25, 0.3) is 0 Å². The molecule has 0 N–H and O–H groups in total. The average Bonchev–Trinajstić information content (AvgIpc) is 2.62. The minimum absolute atomic E-state index is 0.0712. The maximum Gasteiger partial charge on any atom is 0.105 e. The predicted molar refractivity (Wildman–Crippen MR) is 113 cm³/mol. The van der Waals surface area contributed by atoms with Crippen molar-refractivity contribution in [2.75, 3.05) is 0 Å². The Labute approximate surface area is 153 Å². The van der Waals surface area contributed by atoms with Crippen LogP contribution in [0.2, 0.25) is 0 Å². The Balaban J connectivity index is 2.03. The first-order valence-electron chi connectivity index (χ1n) is 8.91. The van der Waals surface area contributed by atoms with Crippen molar-refractivity contribution < 1.29 is 0 Å². The predicted octanol–water partition coefficient (Wildman–Crippen LogP) is 3.88. The molecule has 0 atom stereocenters. The van der Waals surface area contributed by atoms with Gasteiger partial charge in [0, 0.05) is 11.8 Å². The minimum Gasteiger partial charge on any atom is -0.256 e. The molecular weight excluding hydrogens is 300 g/mol. The van der Waals surface area contributed by atoms with Crippen molar-refractivity contribution in [1.29, 1.82) is 0 Å². The van der Waals surface area contributed by atoms with E-state index in [1.165, 1.54) is 16.7 Å². The van der Waals surface area contributed by atoms with E-state index < -0.39 is 0 Å². The van der Waals surface area contributed by atoms with Gasteiger partial charge >= 0.3 is 0 Å². The molecule has 1 aromatic heterocycles. The van der Waals surface area contributed by atoms with Gasteiger partial charge in [-0.3, -0.25) is 4.98 Å². The van der Waals surface area contributed by atoms with E-state index >= 15 is 0 Å². The first-order chi connectivity index (χ1) is 11.8. The van der Waals surface area contributed by atoms with Crippen LogP contribution < -0.4 is 0 Å². The van der Waals surface area contributed by atoms with Gasteiger partial charge < -0.3 is 0 Å². The lowest BCUT2D eigenvalue weighted by Crippen LogP contribution is -2.41. The molecule has 0 saturated heterocycles. The highest BCUT2D eigenvalue weighted by Crippen LogP contribution is 2.37. The summed E-state index contributed by atoms with van der Waals surface area (Å²) in [7, 11) is 4.62. The van der Waals surface area contributed by atoms with Gasteiger partial charge in [-0.15, -0.1) is 0 Å². The minimum atomic E-state index is 0.0712. The molecule has 0 bridgehead atoms. The van der Waals surface area contributed by atoms with Crippen molar-refractivity contribution in [3.8, 4) is 22.4 Å². The quantitative estimate of drug-likeness (QED) is 0.666. The second-order valence-electron chi connectivity index (χ2n) is 8.25. The molecule has 0 aliphatic carbocycles. The zero-order valence-corrected chi connectivity index (χ0v) is 15.9. The van der Waals surface area contributed by atoms with Crippen LogP contribution in [-0.4, -0.2) is 20.7 Å². The number of hydrogen-bond acceptors (Lipinski definition) is 1.